The molecule has 0 heterocycles. The van der Waals surface area contributed by atoms with Crippen LogP contribution in [0.1, 0.15) is 11.1 Å². The van der Waals surface area contributed by atoms with Crippen LogP contribution in [-0.2, 0) is 16.2 Å². The summed E-state index contributed by atoms with van der Waals surface area (Å²) >= 11 is 4.34. The van der Waals surface area contributed by atoms with Crippen molar-refractivity contribution in [3.63, 3.8) is 0 Å². The maximum Gasteiger partial charge on any atom is 0.416 e. The molecule has 158 valence electrons. The normalized spacial score (nSPS) is 12.3. The van der Waals surface area contributed by atoms with Gasteiger partial charge in [-0.25, -0.2) is 22.3 Å². The Hall–Kier alpha value is -2.43. The van der Waals surface area contributed by atoms with Crippen LogP contribution in [0.3, 0.4) is 0 Å². The molecule has 0 fully saturated rings. The lowest BCUT2D eigenvalue weighted by molar-refractivity contribution is -0.138. The lowest BCUT2D eigenvalue weighted by Crippen LogP contribution is -2.16. The summed E-state index contributed by atoms with van der Waals surface area (Å²) in [4.78, 5) is -0.878. The van der Waals surface area contributed by atoms with Gasteiger partial charge < -0.3 is 0 Å². The largest absolute Gasteiger partial charge is 0.416 e. The van der Waals surface area contributed by atoms with Gasteiger partial charge in [-0.1, -0.05) is 24.3 Å². The molecule has 30 heavy (non-hydrogen) atoms. The summed E-state index contributed by atoms with van der Waals surface area (Å²) in [5, 5.41) is 4.81. The predicted molar refractivity (Wildman–Crippen MR) is 106 cm³/mol. The summed E-state index contributed by atoms with van der Waals surface area (Å²) in [5.41, 5.74) is 0.665. The average Bonchev–Trinajstić information content (AvgIpc) is 2.58. The summed E-state index contributed by atoms with van der Waals surface area (Å²) in [6, 6.07) is 9.82. The molecule has 0 atom stereocenters. The zero-order valence-electron chi connectivity index (χ0n) is 15.3. The third-order valence-corrected chi connectivity index (χ3v) is 5.79. The topological polar surface area (TPSA) is 60.2 Å². The van der Waals surface area contributed by atoms with E-state index in [1.54, 1.807) is 6.07 Å². The molecule has 0 aliphatic heterocycles. The molecule has 0 aliphatic rings. The van der Waals surface area contributed by atoms with Crippen LogP contribution in [0.15, 0.2) is 58.3 Å². The molecule has 3 rings (SSSR count). The minimum absolute atomic E-state index is 0.0412. The average molecular weight is 459 g/mol. The highest BCUT2D eigenvalue weighted by Crippen LogP contribution is 2.37. The number of nitrogens with two attached hydrogens (primary N) is 1. The van der Waals surface area contributed by atoms with E-state index in [9.17, 15) is 30.4 Å². The fraction of sp³-hybridized carbons (Fsp3) is 0.100. The molecule has 0 aliphatic carbocycles. The van der Waals surface area contributed by atoms with Gasteiger partial charge in [-0.3, -0.25) is 0 Å². The van der Waals surface area contributed by atoms with Crippen LogP contribution >= 0.6 is 12.6 Å². The number of thiol groups is 1. The van der Waals surface area contributed by atoms with E-state index in [1.807, 2.05) is 0 Å². The van der Waals surface area contributed by atoms with Crippen LogP contribution in [0.25, 0.3) is 22.3 Å². The summed E-state index contributed by atoms with van der Waals surface area (Å²) in [7, 11) is -4.58. The highest BCUT2D eigenvalue weighted by molar-refractivity contribution is 7.89. The maximum atomic E-state index is 14.1. The molecule has 3 aromatic carbocycles. The fourth-order valence-corrected chi connectivity index (χ4v) is 4.11. The SMILES string of the molecule is Cc1cc(-c2ccc(-c3cc(F)c(S(N)(=O)=O)c(F)c3)cc2S)ccc1C(F)(F)F. The highest BCUT2D eigenvalue weighted by Gasteiger charge is 2.32. The molecule has 3 nitrogen and oxygen atoms in total. The van der Waals surface area contributed by atoms with Crippen LogP contribution in [0.2, 0.25) is 0 Å². The molecule has 0 saturated heterocycles. The van der Waals surface area contributed by atoms with Gasteiger partial charge in [-0.05, 0) is 59.0 Å². The molecule has 0 radical (unpaired) electrons. The van der Waals surface area contributed by atoms with Gasteiger partial charge in [0.1, 0.15) is 11.6 Å². The maximum absolute atomic E-state index is 14.1. The van der Waals surface area contributed by atoms with E-state index in [-0.39, 0.29) is 11.1 Å². The van der Waals surface area contributed by atoms with Gasteiger partial charge in [0.05, 0.1) is 5.56 Å². The van der Waals surface area contributed by atoms with Crippen LogP contribution in [0, 0.1) is 18.6 Å². The number of rotatable bonds is 3. The van der Waals surface area contributed by atoms with Gasteiger partial charge in [0.25, 0.3) is 0 Å². The zero-order chi connectivity index (χ0) is 22.4. The fourth-order valence-electron chi connectivity index (χ4n) is 3.10. The van der Waals surface area contributed by atoms with Crippen molar-refractivity contribution in [2.45, 2.75) is 22.9 Å². The molecular weight excluding hydrogens is 445 g/mol. The summed E-state index contributed by atoms with van der Waals surface area (Å²) in [6.45, 7) is 1.34. The second-order valence-electron chi connectivity index (χ2n) is 6.57. The Labute approximate surface area is 174 Å². The van der Waals surface area contributed by atoms with Gasteiger partial charge in [0.2, 0.25) is 10.0 Å². The second kappa shape index (κ2) is 7.68. The summed E-state index contributed by atoms with van der Waals surface area (Å²) < 4.78 is 89.7. The van der Waals surface area contributed by atoms with Crippen molar-refractivity contribution in [1.82, 2.24) is 0 Å². The molecule has 10 heteroatoms. The molecule has 0 bridgehead atoms. The number of hydrogen-bond acceptors (Lipinski definition) is 3. The van der Waals surface area contributed by atoms with Gasteiger partial charge in [-0.2, -0.15) is 13.2 Å². The Balaban J connectivity index is 2.04. The van der Waals surface area contributed by atoms with E-state index in [2.05, 4.69) is 12.6 Å². The Kier molecular flexibility index (Phi) is 5.70. The molecule has 0 spiro atoms. The quantitative estimate of drug-likeness (QED) is 0.398. The molecule has 0 amide bonds. The third kappa shape index (κ3) is 4.35. The van der Waals surface area contributed by atoms with E-state index >= 15 is 0 Å². The van der Waals surface area contributed by atoms with Crippen molar-refractivity contribution in [3.8, 4) is 22.3 Å². The summed E-state index contributed by atoms with van der Waals surface area (Å²) in [5.74, 6) is -2.67. The lowest BCUT2D eigenvalue weighted by Gasteiger charge is -2.14. The Morgan fingerprint density at radius 1 is 0.867 bits per heavy atom. The molecule has 0 saturated carbocycles. The first kappa shape index (κ1) is 22.3. The number of alkyl halides is 3. The second-order valence-corrected chi connectivity index (χ2v) is 8.55. The number of aryl methyl sites for hydroxylation is 1. The smallest absolute Gasteiger partial charge is 0.224 e. The molecule has 3 aromatic rings. The summed E-state index contributed by atoms with van der Waals surface area (Å²) in [6.07, 6.45) is -4.46. The van der Waals surface area contributed by atoms with Gasteiger partial charge in [-0.15, -0.1) is 12.6 Å². The number of primary sulfonamides is 1. The van der Waals surface area contributed by atoms with E-state index in [4.69, 9.17) is 5.14 Å². The molecular formula is C20H14F5NO2S2. The van der Waals surface area contributed by atoms with E-state index < -0.39 is 38.3 Å². The van der Waals surface area contributed by atoms with Gasteiger partial charge in [0.15, 0.2) is 4.90 Å². The standard InChI is InChI=1S/C20H14F5NO2S2/c1-10-6-12(3-5-15(10)20(23,24)25)14-4-2-11(9-18(14)29)13-7-16(21)19(17(22)8-13)30(26,27)28/h2-9,29H,1H3,(H2,26,27,28). The Morgan fingerprint density at radius 3 is 1.90 bits per heavy atom. The Bertz CT molecular complexity index is 1230. The highest BCUT2D eigenvalue weighted by atomic mass is 32.2. The molecule has 0 aromatic heterocycles. The van der Waals surface area contributed by atoms with Crippen molar-refractivity contribution in [3.05, 3.63) is 71.3 Å². The molecule has 0 unspecified atom stereocenters. The van der Waals surface area contributed by atoms with Crippen LogP contribution < -0.4 is 5.14 Å². The van der Waals surface area contributed by atoms with Crippen LogP contribution in [0.4, 0.5) is 22.0 Å². The van der Waals surface area contributed by atoms with Crippen molar-refractivity contribution < 1.29 is 30.4 Å². The van der Waals surface area contributed by atoms with E-state index in [0.29, 0.717) is 21.6 Å². The van der Waals surface area contributed by atoms with E-state index in [0.717, 1.165) is 18.2 Å². The number of halogens is 5. The Morgan fingerprint density at radius 2 is 1.43 bits per heavy atom. The van der Waals surface area contributed by atoms with Crippen LogP contribution in [0.5, 0.6) is 0 Å². The third-order valence-electron chi connectivity index (χ3n) is 4.46. The van der Waals surface area contributed by atoms with Crippen molar-refractivity contribution in [2.75, 3.05) is 0 Å². The first-order valence-electron chi connectivity index (χ1n) is 8.32. The number of benzene rings is 3. The van der Waals surface area contributed by atoms with Gasteiger partial charge >= 0.3 is 6.18 Å². The predicted octanol–water partition coefficient (Wildman–Crippen LogP) is 5.56. The number of sulfonamides is 1. The minimum atomic E-state index is -4.58. The number of hydrogen-bond donors (Lipinski definition) is 2. The van der Waals surface area contributed by atoms with Crippen LogP contribution in [-0.4, -0.2) is 8.42 Å². The minimum Gasteiger partial charge on any atom is -0.224 e. The first-order chi connectivity index (χ1) is 13.8. The van der Waals surface area contributed by atoms with E-state index in [1.165, 1.54) is 31.2 Å². The van der Waals surface area contributed by atoms with Crippen molar-refractivity contribution in [1.29, 1.82) is 0 Å². The molecule has 2 N–H and O–H groups in total. The monoisotopic (exact) mass is 459 g/mol. The first-order valence-corrected chi connectivity index (χ1v) is 10.3. The lowest BCUT2D eigenvalue weighted by atomic mass is 9.97. The van der Waals surface area contributed by atoms with Crippen molar-refractivity contribution >= 4 is 22.7 Å². The zero-order valence-corrected chi connectivity index (χ0v) is 17.0. The van der Waals surface area contributed by atoms with Gasteiger partial charge in [0, 0.05) is 4.90 Å². The van der Waals surface area contributed by atoms with Crippen molar-refractivity contribution in [2.24, 2.45) is 5.14 Å².